The van der Waals surface area contributed by atoms with Crippen LogP contribution in [0.25, 0.3) is 22.3 Å². The Morgan fingerprint density at radius 2 is 2.11 bits per heavy atom. The zero-order valence-corrected chi connectivity index (χ0v) is 9.29. The minimum Gasteiger partial charge on any atom is -0.478 e. The van der Waals surface area contributed by atoms with Gasteiger partial charge in [0, 0.05) is 11.6 Å². The molecule has 0 saturated heterocycles. The monoisotopic (exact) mass is 239 g/mol. The summed E-state index contributed by atoms with van der Waals surface area (Å²) in [5, 5.41) is 16.8. The number of nitrogens with zero attached hydrogens (tertiary/aromatic N) is 2. The molecule has 0 spiro atoms. The van der Waals surface area contributed by atoms with Gasteiger partial charge >= 0.3 is 5.97 Å². The first-order valence-corrected chi connectivity index (χ1v) is 5.38. The molecule has 0 aliphatic heterocycles. The maximum absolute atomic E-state index is 10.9. The highest BCUT2D eigenvalue weighted by Gasteiger charge is 2.11. The number of nitrogens with one attached hydrogen (secondary N) is 1. The molecule has 0 fully saturated rings. The van der Waals surface area contributed by atoms with Gasteiger partial charge in [-0.3, -0.25) is 10.1 Å². The van der Waals surface area contributed by atoms with Crippen molar-refractivity contribution in [3.8, 4) is 11.4 Å². The van der Waals surface area contributed by atoms with Gasteiger partial charge in [0.2, 0.25) is 0 Å². The topological polar surface area (TPSA) is 78.9 Å². The average molecular weight is 239 g/mol. The van der Waals surface area contributed by atoms with Crippen molar-refractivity contribution in [2.75, 3.05) is 0 Å². The van der Waals surface area contributed by atoms with E-state index in [1.165, 1.54) is 0 Å². The molecule has 1 aromatic carbocycles. The van der Waals surface area contributed by atoms with Crippen LogP contribution in [0, 0.1) is 0 Å². The normalized spacial score (nSPS) is 10.7. The Bertz CT molecular complexity index is 719. The van der Waals surface area contributed by atoms with E-state index in [-0.39, 0.29) is 5.56 Å². The first kappa shape index (κ1) is 10.5. The highest BCUT2D eigenvalue weighted by atomic mass is 16.4. The maximum Gasteiger partial charge on any atom is 0.335 e. The second-order valence-electron chi connectivity index (χ2n) is 3.85. The molecule has 0 aliphatic rings. The number of aromatic amines is 1. The van der Waals surface area contributed by atoms with Crippen LogP contribution in [-0.4, -0.2) is 26.3 Å². The number of rotatable bonds is 2. The molecule has 5 nitrogen and oxygen atoms in total. The molecule has 2 heterocycles. The molecule has 0 aliphatic carbocycles. The van der Waals surface area contributed by atoms with Gasteiger partial charge in [-0.2, -0.15) is 5.10 Å². The maximum atomic E-state index is 10.9. The Balaban J connectivity index is 2.19. The van der Waals surface area contributed by atoms with Crippen molar-refractivity contribution in [3.05, 3.63) is 48.2 Å². The molecule has 0 saturated carbocycles. The average Bonchev–Trinajstić information content (AvgIpc) is 2.82. The van der Waals surface area contributed by atoms with Crippen LogP contribution in [0.5, 0.6) is 0 Å². The Hall–Kier alpha value is -2.69. The first-order chi connectivity index (χ1) is 8.75. The summed E-state index contributed by atoms with van der Waals surface area (Å²) in [5.41, 5.74) is 2.41. The van der Waals surface area contributed by atoms with Crippen LogP contribution >= 0.6 is 0 Å². The highest BCUT2D eigenvalue weighted by Crippen LogP contribution is 2.25. The Morgan fingerprint density at radius 1 is 1.22 bits per heavy atom. The number of benzene rings is 1. The molecule has 18 heavy (non-hydrogen) atoms. The molecule has 0 atom stereocenters. The van der Waals surface area contributed by atoms with Crippen LogP contribution in [0.3, 0.4) is 0 Å². The summed E-state index contributed by atoms with van der Waals surface area (Å²) in [5.74, 6) is -0.953. The van der Waals surface area contributed by atoms with E-state index in [0.29, 0.717) is 5.52 Å². The number of carboxylic acids is 1. The lowest BCUT2D eigenvalue weighted by molar-refractivity contribution is 0.0697. The van der Waals surface area contributed by atoms with Crippen LogP contribution in [0.15, 0.2) is 42.6 Å². The van der Waals surface area contributed by atoms with Gasteiger partial charge < -0.3 is 5.11 Å². The summed E-state index contributed by atoms with van der Waals surface area (Å²) in [4.78, 5) is 15.1. The lowest BCUT2D eigenvalue weighted by Crippen LogP contribution is -1.94. The van der Waals surface area contributed by atoms with Crippen LogP contribution in [0.4, 0.5) is 0 Å². The summed E-state index contributed by atoms with van der Waals surface area (Å²) in [6.07, 6.45) is 1.70. The van der Waals surface area contributed by atoms with E-state index < -0.39 is 5.97 Å². The zero-order valence-electron chi connectivity index (χ0n) is 9.29. The molecule has 5 heteroatoms. The van der Waals surface area contributed by atoms with Crippen molar-refractivity contribution in [3.63, 3.8) is 0 Å². The molecule has 0 radical (unpaired) electrons. The quantitative estimate of drug-likeness (QED) is 0.719. The summed E-state index contributed by atoms with van der Waals surface area (Å²) in [6, 6.07) is 10.5. The number of carbonyl (C=O) groups is 1. The number of fused-ring (bicyclic) bond motifs is 1. The molecule has 88 valence electrons. The summed E-state index contributed by atoms with van der Waals surface area (Å²) in [7, 11) is 0. The fourth-order valence-corrected chi connectivity index (χ4v) is 1.85. The molecular weight excluding hydrogens is 230 g/mol. The van der Waals surface area contributed by atoms with Crippen molar-refractivity contribution in [2.45, 2.75) is 0 Å². The number of pyridine rings is 1. The SMILES string of the molecule is O=C(O)c1ccc2c(-c3ccccn3)n[nH]c2c1. The smallest absolute Gasteiger partial charge is 0.335 e. The van der Waals surface area contributed by atoms with Gasteiger partial charge in [0.1, 0.15) is 5.69 Å². The number of aromatic nitrogens is 3. The highest BCUT2D eigenvalue weighted by molar-refractivity contribution is 5.97. The van der Waals surface area contributed by atoms with Crippen molar-refractivity contribution in [2.24, 2.45) is 0 Å². The molecule has 2 aromatic heterocycles. The van der Waals surface area contributed by atoms with Gasteiger partial charge in [-0.15, -0.1) is 0 Å². The van der Waals surface area contributed by atoms with Gasteiger partial charge in [-0.25, -0.2) is 4.79 Å². The van der Waals surface area contributed by atoms with Gasteiger partial charge in [0.25, 0.3) is 0 Å². The minimum atomic E-state index is -0.953. The second kappa shape index (κ2) is 3.96. The lowest BCUT2D eigenvalue weighted by atomic mass is 10.1. The third kappa shape index (κ3) is 1.62. The summed E-state index contributed by atoms with van der Waals surface area (Å²) in [6.45, 7) is 0. The fraction of sp³-hybridized carbons (Fsp3) is 0. The van der Waals surface area contributed by atoms with Crippen molar-refractivity contribution < 1.29 is 9.90 Å². The Labute approximate surface area is 102 Å². The molecular formula is C13H9N3O2. The summed E-state index contributed by atoms with van der Waals surface area (Å²) >= 11 is 0. The predicted molar refractivity (Wildman–Crippen MR) is 66.3 cm³/mol. The number of hydrogen-bond acceptors (Lipinski definition) is 3. The van der Waals surface area contributed by atoms with E-state index in [4.69, 9.17) is 5.11 Å². The standard InChI is InChI=1S/C13H9N3O2/c17-13(18)8-4-5-9-11(7-8)15-16-12(9)10-3-1-2-6-14-10/h1-7H,(H,15,16)(H,17,18). The minimum absolute atomic E-state index is 0.235. The molecule has 2 N–H and O–H groups in total. The molecule has 3 aromatic rings. The van der Waals surface area contributed by atoms with Crippen LogP contribution < -0.4 is 0 Å². The van der Waals surface area contributed by atoms with Crippen molar-refractivity contribution in [1.29, 1.82) is 0 Å². The molecule has 3 rings (SSSR count). The number of hydrogen-bond donors (Lipinski definition) is 2. The largest absolute Gasteiger partial charge is 0.478 e. The van der Waals surface area contributed by atoms with E-state index >= 15 is 0 Å². The molecule has 0 bridgehead atoms. The van der Waals surface area contributed by atoms with E-state index in [0.717, 1.165) is 16.8 Å². The summed E-state index contributed by atoms with van der Waals surface area (Å²) < 4.78 is 0. The van der Waals surface area contributed by atoms with Crippen LogP contribution in [0.1, 0.15) is 10.4 Å². The van der Waals surface area contributed by atoms with E-state index in [9.17, 15) is 4.79 Å². The number of aromatic carboxylic acids is 1. The number of carboxylic acid groups (broad SMARTS) is 1. The van der Waals surface area contributed by atoms with Crippen LogP contribution in [-0.2, 0) is 0 Å². The van der Waals surface area contributed by atoms with Gasteiger partial charge in [0.15, 0.2) is 0 Å². The fourth-order valence-electron chi connectivity index (χ4n) is 1.85. The zero-order chi connectivity index (χ0) is 12.5. The third-order valence-corrected chi connectivity index (χ3v) is 2.72. The third-order valence-electron chi connectivity index (χ3n) is 2.72. The Kier molecular flexibility index (Phi) is 2.30. The van der Waals surface area contributed by atoms with E-state index in [1.54, 1.807) is 24.4 Å². The molecule has 0 unspecified atom stereocenters. The Morgan fingerprint density at radius 3 is 2.83 bits per heavy atom. The van der Waals surface area contributed by atoms with Crippen molar-refractivity contribution >= 4 is 16.9 Å². The van der Waals surface area contributed by atoms with Gasteiger partial charge in [-0.1, -0.05) is 6.07 Å². The van der Waals surface area contributed by atoms with Gasteiger partial charge in [0.05, 0.1) is 16.8 Å². The van der Waals surface area contributed by atoms with E-state index in [2.05, 4.69) is 15.2 Å². The second-order valence-corrected chi connectivity index (χ2v) is 3.85. The van der Waals surface area contributed by atoms with Crippen LogP contribution in [0.2, 0.25) is 0 Å². The number of H-pyrrole nitrogens is 1. The van der Waals surface area contributed by atoms with E-state index in [1.807, 2.05) is 18.2 Å². The van der Waals surface area contributed by atoms with Gasteiger partial charge in [-0.05, 0) is 30.3 Å². The van der Waals surface area contributed by atoms with Crippen molar-refractivity contribution in [1.82, 2.24) is 15.2 Å². The lowest BCUT2D eigenvalue weighted by Gasteiger charge is -1.97. The predicted octanol–water partition coefficient (Wildman–Crippen LogP) is 2.32. The first-order valence-electron chi connectivity index (χ1n) is 5.38. The molecule has 0 amide bonds.